The third-order valence-corrected chi connectivity index (χ3v) is 5.50. The van der Waals surface area contributed by atoms with Crippen molar-refractivity contribution in [1.82, 2.24) is 4.90 Å². The van der Waals surface area contributed by atoms with Crippen LogP contribution in [0.5, 0.6) is 11.5 Å². The molecule has 2 N–H and O–H groups in total. The van der Waals surface area contributed by atoms with Gasteiger partial charge in [0.25, 0.3) is 0 Å². The van der Waals surface area contributed by atoms with E-state index in [0.717, 1.165) is 11.3 Å². The minimum atomic E-state index is -0.434. The largest absolute Gasteiger partial charge is 0.490 e. The highest BCUT2D eigenvalue weighted by atomic mass is 35.5. The molecule has 1 amide bonds. The number of ether oxygens (including phenoxy) is 3. The van der Waals surface area contributed by atoms with Gasteiger partial charge in [0.15, 0.2) is 5.75 Å². The van der Waals surface area contributed by atoms with Gasteiger partial charge in [0.2, 0.25) is 5.91 Å². The van der Waals surface area contributed by atoms with Crippen LogP contribution in [0.15, 0.2) is 42.5 Å². The van der Waals surface area contributed by atoms with Crippen molar-refractivity contribution in [2.24, 2.45) is 5.73 Å². The van der Waals surface area contributed by atoms with E-state index >= 15 is 0 Å². The number of carbonyl (C=O) groups is 1. The van der Waals surface area contributed by atoms with Crippen molar-refractivity contribution in [2.45, 2.75) is 32.0 Å². The molecule has 6 nitrogen and oxygen atoms in total. The average Bonchev–Trinajstić information content (AvgIpc) is 2.75. The van der Waals surface area contributed by atoms with Gasteiger partial charge >= 0.3 is 0 Å². The molecular weight excluding hydrogens is 427 g/mol. The quantitative estimate of drug-likeness (QED) is 0.614. The molecular formula is C22H26Cl2N2O4. The van der Waals surface area contributed by atoms with Gasteiger partial charge < -0.3 is 24.8 Å². The van der Waals surface area contributed by atoms with Gasteiger partial charge in [0.1, 0.15) is 25.1 Å². The van der Waals surface area contributed by atoms with Crippen molar-refractivity contribution in [3.8, 4) is 11.5 Å². The molecule has 1 saturated heterocycles. The number of carbonyl (C=O) groups excluding carboxylic acids is 1. The molecule has 2 aromatic carbocycles. The van der Waals surface area contributed by atoms with Gasteiger partial charge in [-0.05, 0) is 29.8 Å². The molecule has 1 heterocycles. The Bertz CT molecular complexity index is 827. The number of amides is 1. The molecule has 0 spiro atoms. The van der Waals surface area contributed by atoms with Gasteiger partial charge in [-0.2, -0.15) is 0 Å². The van der Waals surface area contributed by atoms with Gasteiger partial charge in [0.05, 0.1) is 22.8 Å². The lowest BCUT2D eigenvalue weighted by Gasteiger charge is -2.39. The zero-order valence-corrected chi connectivity index (χ0v) is 18.4. The van der Waals surface area contributed by atoms with Gasteiger partial charge in [0, 0.05) is 19.4 Å². The Balaban J connectivity index is 1.47. The van der Waals surface area contributed by atoms with E-state index < -0.39 is 6.17 Å². The molecule has 0 radical (unpaired) electrons. The van der Waals surface area contributed by atoms with Crippen LogP contribution in [0.1, 0.15) is 18.9 Å². The molecule has 2 unspecified atom stereocenters. The van der Waals surface area contributed by atoms with Crippen LogP contribution in [0.25, 0.3) is 0 Å². The minimum Gasteiger partial charge on any atom is -0.490 e. The van der Waals surface area contributed by atoms with E-state index in [1.165, 1.54) is 0 Å². The number of nitrogens with zero attached hydrogens (tertiary/aromatic N) is 1. The van der Waals surface area contributed by atoms with Crippen molar-refractivity contribution >= 4 is 29.1 Å². The topological polar surface area (TPSA) is 74.0 Å². The van der Waals surface area contributed by atoms with E-state index in [1.807, 2.05) is 31.2 Å². The summed E-state index contributed by atoms with van der Waals surface area (Å²) in [5, 5.41) is 0.934. The summed E-state index contributed by atoms with van der Waals surface area (Å²) >= 11 is 12.2. The Morgan fingerprint density at radius 2 is 1.80 bits per heavy atom. The van der Waals surface area contributed by atoms with Gasteiger partial charge in [-0.1, -0.05) is 48.3 Å². The molecule has 0 saturated carbocycles. The van der Waals surface area contributed by atoms with Crippen molar-refractivity contribution in [2.75, 3.05) is 26.4 Å². The fourth-order valence-electron chi connectivity index (χ4n) is 3.30. The Morgan fingerprint density at radius 3 is 2.47 bits per heavy atom. The first kappa shape index (κ1) is 22.7. The van der Waals surface area contributed by atoms with Crippen LogP contribution in [0.2, 0.25) is 10.0 Å². The fourth-order valence-corrected chi connectivity index (χ4v) is 3.81. The second-order valence-electron chi connectivity index (χ2n) is 6.94. The van der Waals surface area contributed by atoms with Crippen molar-refractivity contribution < 1.29 is 19.0 Å². The monoisotopic (exact) mass is 452 g/mol. The van der Waals surface area contributed by atoms with Crippen LogP contribution >= 0.6 is 23.2 Å². The fraction of sp³-hybridized carbons (Fsp3) is 0.409. The first-order chi connectivity index (χ1) is 14.5. The molecule has 2 aromatic rings. The summed E-state index contributed by atoms with van der Waals surface area (Å²) in [5.74, 6) is 1.24. The van der Waals surface area contributed by atoms with Gasteiger partial charge in [-0.15, -0.1) is 0 Å². The van der Waals surface area contributed by atoms with Crippen LogP contribution in [-0.2, 0) is 16.0 Å². The highest BCUT2D eigenvalue weighted by Crippen LogP contribution is 2.32. The summed E-state index contributed by atoms with van der Waals surface area (Å²) in [6.45, 7) is 3.55. The van der Waals surface area contributed by atoms with Crippen molar-refractivity contribution in [3.63, 3.8) is 0 Å². The number of morpholine rings is 1. The second kappa shape index (κ2) is 10.9. The van der Waals surface area contributed by atoms with Crippen LogP contribution in [0.4, 0.5) is 0 Å². The maximum Gasteiger partial charge on any atom is 0.223 e. The van der Waals surface area contributed by atoms with Crippen molar-refractivity contribution in [1.29, 1.82) is 0 Å². The highest BCUT2D eigenvalue weighted by molar-refractivity contribution is 6.37. The third kappa shape index (κ3) is 5.79. The summed E-state index contributed by atoms with van der Waals surface area (Å²) in [7, 11) is 0. The molecule has 0 bridgehead atoms. The van der Waals surface area contributed by atoms with E-state index in [-0.39, 0.29) is 12.0 Å². The molecule has 3 rings (SSSR count). The SMILES string of the molecule is CCC(=O)N1CCOC(Cc2ccc(OCCOc3c(Cl)cccc3Cl)cc2)C1N. The van der Waals surface area contributed by atoms with E-state index in [0.29, 0.717) is 55.0 Å². The molecule has 30 heavy (non-hydrogen) atoms. The number of hydrogen-bond donors (Lipinski definition) is 1. The Kier molecular flexibility index (Phi) is 8.22. The second-order valence-corrected chi connectivity index (χ2v) is 7.75. The number of benzene rings is 2. The van der Waals surface area contributed by atoms with Crippen molar-refractivity contribution in [3.05, 3.63) is 58.1 Å². The van der Waals surface area contributed by atoms with E-state index in [1.54, 1.807) is 23.1 Å². The standard InChI is InChI=1S/C22H26Cl2N2O4/c1-2-20(27)26-10-11-29-19(22(26)25)14-15-6-8-16(9-7-15)28-12-13-30-21-17(23)4-3-5-18(21)24/h3-9,19,22H,2,10-14,25H2,1H3. The van der Waals surface area contributed by atoms with E-state index in [4.69, 9.17) is 43.1 Å². The number of rotatable bonds is 8. The Morgan fingerprint density at radius 1 is 1.13 bits per heavy atom. The third-order valence-electron chi connectivity index (χ3n) is 4.91. The predicted octanol–water partition coefficient (Wildman–Crippen LogP) is 3.92. The smallest absolute Gasteiger partial charge is 0.223 e. The molecule has 0 aromatic heterocycles. The molecule has 1 aliphatic heterocycles. The van der Waals surface area contributed by atoms with Crippen LogP contribution in [-0.4, -0.2) is 49.4 Å². The summed E-state index contributed by atoms with van der Waals surface area (Å²) in [6.07, 6.45) is 0.410. The molecule has 1 fully saturated rings. The summed E-state index contributed by atoms with van der Waals surface area (Å²) in [4.78, 5) is 13.7. The maximum atomic E-state index is 12.0. The molecule has 8 heteroatoms. The average molecular weight is 453 g/mol. The zero-order valence-electron chi connectivity index (χ0n) is 16.9. The highest BCUT2D eigenvalue weighted by Gasteiger charge is 2.31. The Hall–Kier alpha value is -1.99. The van der Waals surface area contributed by atoms with E-state index in [2.05, 4.69) is 0 Å². The summed E-state index contributed by atoms with van der Waals surface area (Å²) < 4.78 is 17.1. The van der Waals surface area contributed by atoms with E-state index in [9.17, 15) is 4.79 Å². The number of nitrogens with two attached hydrogens (primary N) is 1. The first-order valence-electron chi connectivity index (χ1n) is 9.94. The van der Waals surface area contributed by atoms with Crippen LogP contribution < -0.4 is 15.2 Å². The zero-order chi connectivity index (χ0) is 21.5. The number of para-hydroxylation sites is 1. The van der Waals surface area contributed by atoms with Gasteiger partial charge in [-0.25, -0.2) is 0 Å². The predicted molar refractivity (Wildman–Crippen MR) is 117 cm³/mol. The van der Waals surface area contributed by atoms with Crippen LogP contribution in [0.3, 0.4) is 0 Å². The number of hydrogen-bond acceptors (Lipinski definition) is 5. The summed E-state index contributed by atoms with van der Waals surface area (Å²) in [6, 6.07) is 12.9. The van der Waals surface area contributed by atoms with Crippen LogP contribution in [0, 0.1) is 0 Å². The van der Waals surface area contributed by atoms with Gasteiger partial charge in [-0.3, -0.25) is 4.79 Å². The molecule has 1 aliphatic rings. The lowest BCUT2D eigenvalue weighted by atomic mass is 10.0. The molecule has 0 aliphatic carbocycles. The maximum absolute atomic E-state index is 12.0. The Labute approximate surface area is 186 Å². The number of halogens is 2. The molecule has 2 atom stereocenters. The lowest BCUT2D eigenvalue weighted by Crippen LogP contribution is -2.58. The summed E-state index contributed by atoms with van der Waals surface area (Å²) in [5.41, 5.74) is 7.31. The lowest BCUT2D eigenvalue weighted by molar-refractivity contribution is -0.145. The minimum absolute atomic E-state index is 0.0554. The molecule has 162 valence electrons. The first-order valence-corrected chi connectivity index (χ1v) is 10.7. The normalized spacial score (nSPS) is 18.9.